The zero-order chi connectivity index (χ0) is 22.5. The molecular formula is C20H34O10. The van der Waals surface area contributed by atoms with Crippen LogP contribution in [0.5, 0.6) is 0 Å². The van der Waals surface area contributed by atoms with E-state index in [1.165, 1.54) is 7.11 Å². The first kappa shape index (κ1) is 28.0. The van der Waals surface area contributed by atoms with Gasteiger partial charge < -0.3 is 37.9 Å². The first-order valence-corrected chi connectivity index (χ1v) is 9.53. The summed E-state index contributed by atoms with van der Waals surface area (Å²) in [5.41, 5.74) is 0.263. The van der Waals surface area contributed by atoms with Gasteiger partial charge in [0.25, 0.3) is 0 Å². The van der Waals surface area contributed by atoms with E-state index in [0.717, 1.165) is 0 Å². The van der Waals surface area contributed by atoms with Crippen LogP contribution in [0.25, 0.3) is 0 Å². The molecule has 0 N–H and O–H groups in total. The van der Waals surface area contributed by atoms with Crippen LogP contribution in [-0.2, 0) is 47.5 Å². The van der Waals surface area contributed by atoms with Crippen molar-refractivity contribution in [2.45, 2.75) is 19.3 Å². The Bertz CT molecular complexity index is 492. The molecule has 0 saturated carbocycles. The number of hydrogen-bond acceptors (Lipinski definition) is 10. The molecular weight excluding hydrogens is 400 g/mol. The molecule has 0 unspecified atom stereocenters. The van der Waals surface area contributed by atoms with Crippen LogP contribution in [-0.4, -0.2) is 86.0 Å². The number of carbonyl (C=O) groups is 2. The minimum atomic E-state index is -0.487. The SMILES string of the molecule is C=C(COC)OCOCCCOC(=O)CCOCOCCCOC(=O)C(=C)COC. The summed E-state index contributed by atoms with van der Waals surface area (Å²) >= 11 is 0. The molecule has 0 fully saturated rings. The summed E-state index contributed by atoms with van der Waals surface area (Å²) in [6.07, 6.45) is 1.20. The van der Waals surface area contributed by atoms with Crippen LogP contribution in [0, 0.1) is 0 Å². The molecule has 0 aliphatic carbocycles. The summed E-state index contributed by atoms with van der Waals surface area (Å²) in [6.45, 7) is 9.17. The number of esters is 2. The minimum Gasteiger partial charge on any atom is -0.470 e. The summed E-state index contributed by atoms with van der Waals surface area (Å²) in [6, 6.07) is 0. The average molecular weight is 434 g/mol. The Morgan fingerprint density at radius 1 is 0.700 bits per heavy atom. The van der Waals surface area contributed by atoms with Crippen molar-refractivity contribution in [2.75, 3.05) is 74.1 Å². The molecule has 0 saturated heterocycles. The van der Waals surface area contributed by atoms with Crippen LogP contribution in [0.2, 0.25) is 0 Å². The lowest BCUT2D eigenvalue weighted by Crippen LogP contribution is -2.14. The zero-order valence-electron chi connectivity index (χ0n) is 18.0. The highest BCUT2D eigenvalue weighted by Crippen LogP contribution is 1.98. The van der Waals surface area contributed by atoms with Crippen molar-refractivity contribution in [1.29, 1.82) is 0 Å². The molecule has 0 aliphatic heterocycles. The van der Waals surface area contributed by atoms with Crippen LogP contribution >= 0.6 is 0 Å². The standard InChI is InChI=1S/C20H34O10/c1-17(13-23-3)20(22)29-11-6-8-25-15-27-12-7-19(21)28-10-5-9-26-16-30-18(2)14-24-4/h1-2,5-16H2,3-4H3. The predicted molar refractivity (Wildman–Crippen MR) is 106 cm³/mol. The fourth-order valence-corrected chi connectivity index (χ4v) is 1.80. The maximum Gasteiger partial charge on any atom is 0.335 e. The second-order valence-corrected chi connectivity index (χ2v) is 5.93. The number of carbonyl (C=O) groups excluding carboxylic acids is 2. The van der Waals surface area contributed by atoms with E-state index in [9.17, 15) is 9.59 Å². The lowest BCUT2D eigenvalue weighted by atomic mass is 10.3. The van der Waals surface area contributed by atoms with E-state index in [1.807, 2.05) is 0 Å². The van der Waals surface area contributed by atoms with E-state index in [0.29, 0.717) is 38.4 Å². The van der Waals surface area contributed by atoms with Crippen molar-refractivity contribution in [3.05, 3.63) is 24.5 Å². The third-order valence-electron chi connectivity index (χ3n) is 3.24. The lowest BCUT2D eigenvalue weighted by Gasteiger charge is -2.09. The molecule has 30 heavy (non-hydrogen) atoms. The molecule has 0 aromatic rings. The van der Waals surface area contributed by atoms with Crippen molar-refractivity contribution in [2.24, 2.45) is 0 Å². The molecule has 10 nitrogen and oxygen atoms in total. The van der Waals surface area contributed by atoms with Crippen LogP contribution in [0.15, 0.2) is 24.5 Å². The molecule has 0 aromatic carbocycles. The van der Waals surface area contributed by atoms with Gasteiger partial charge in [-0.15, -0.1) is 0 Å². The Hall–Kier alpha value is -1.98. The van der Waals surface area contributed by atoms with Crippen molar-refractivity contribution >= 4 is 11.9 Å². The van der Waals surface area contributed by atoms with Gasteiger partial charge in [-0.05, 0) is 0 Å². The molecule has 0 rings (SSSR count). The van der Waals surface area contributed by atoms with Gasteiger partial charge in [-0.1, -0.05) is 13.2 Å². The topological polar surface area (TPSA) is 108 Å². The smallest absolute Gasteiger partial charge is 0.335 e. The van der Waals surface area contributed by atoms with Crippen LogP contribution in [0.3, 0.4) is 0 Å². The monoisotopic (exact) mass is 434 g/mol. The largest absolute Gasteiger partial charge is 0.470 e. The predicted octanol–water partition coefficient (Wildman–Crippen LogP) is 1.59. The molecule has 10 heteroatoms. The van der Waals surface area contributed by atoms with Gasteiger partial charge in [0.2, 0.25) is 0 Å². The Balaban J connectivity index is 3.35. The summed E-state index contributed by atoms with van der Waals surface area (Å²) in [7, 11) is 3.02. The van der Waals surface area contributed by atoms with Gasteiger partial charge >= 0.3 is 11.9 Å². The van der Waals surface area contributed by atoms with Gasteiger partial charge in [-0.2, -0.15) is 0 Å². The summed E-state index contributed by atoms with van der Waals surface area (Å²) < 4.78 is 40.4. The highest BCUT2D eigenvalue weighted by atomic mass is 16.7. The molecule has 0 bridgehead atoms. The van der Waals surface area contributed by atoms with Crippen molar-refractivity contribution in [3.8, 4) is 0 Å². The second-order valence-electron chi connectivity index (χ2n) is 5.93. The van der Waals surface area contributed by atoms with Crippen molar-refractivity contribution in [1.82, 2.24) is 0 Å². The van der Waals surface area contributed by atoms with Crippen molar-refractivity contribution < 1.29 is 47.5 Å². The Morgan fingerprint density at radius 2 is 1.30 bits per heavy atom. The highest BCUT2D eigenvalue weighted by molar-refractivity contribution is 5.87. The minimum absolute atomic E-state index is 0.0415. The first-order valence-electron chi connectivity index (χ1n) is 9.53. The third-order valence-corrected chi connectivity index (χ3v) is 3.24. The Labute approximate surface area is 178 Å². The first-order chi connectivity index (χ1) is 14.5. The van der Waals surface area contributed by atoms with Gasteiger partial charge in [-0.25, -0.2) is 4.79 Å². The number of methoxy groups -OCH3 is 2. The lowest BCUT2D eigenvalue weighted by molar-refractivity contribution is -0.146. The van der Waals surface area contributed by atoms with E-state index >= 15 is 0 Å². The molecule has 0 amide bonds. The average Bonchev–Trinajstić information content (AvgIpc) is 2.72. The van der Waals surface area contributed by atoms with Crippen LogP contribution < -0.4 is 0 Å². The van der Waals surface area contributed by atoms with E-state index < -0.39 is 5.97 Å². The Morgan fingerprint density at radius 3 is 1.97 bits per heavy atom. The van der Waals surface area contributed by atoms with Gasteiger partial charge in [0, 0.05) is 27.1 Å². The Kier molecular flexibility index (Phi) is 19.0. The fraction of sp³-hybridized carbons (Fsp3) is 0.700. The zero-order valence-corrected chi connectivity index (χ0v) is 18.0. The molecule has 0 heterocycles. The van der Waals surface area contributed by atoms with E-state index in [4.69, 9.17) is 37.9 Å². The van der Waals surface area contributed by atoms with Gasteiger partial charge in [0.15, 0.2) is 6.79 Å². The molecule has 0 aromatic heterocycles. The van der Waals surface area contributed by atoms with Gasteiger partial charge in [0.1, 0.15) is 19.2 Å². The maximum absolute atomic E-state index is 11.5. The molecule has 0 spiro atoms. The molecule has 0 radical (unpaired) electrons. The maximum atomic E-state index is 11.5. The van der Waals surface area contributed by atoms with Crippen LogP contribution in [0.1, 0.15) is 19.3 Å². The fourth-order valence-electron chi connectivity index (χ4n) is 1.80. The summed E-state index contributed by atoms with van der Waals surface area (Å²) in [5.74, 6) is -0.358. The van der Waals surface area contributed by atoms with Crippen LogP contribution in [0.4, 0.5) is 0 Å². The summed E-state index contributed by atoms with van der Waals surface area (Å²) in [5, 5.41) is 0. The van der Waals surface area contributed by atoms with E-state index in [-0.39, 0.29) is 58.0 Å². The number of rotatable bonds is 21. The number of ether oxygens (including phenoxy) is 8. The van der Waals surface area contributed by atoms with Gasteiger partial charge in [0.05, 0.1) is 51.6 Å². The highest BCUT2D eigenvalue weighted by Gasteiger charge is 2.07. The third kappa shape index (κ3) is 18.1. The molecule has 0 atom stereocenters. The molecule has 174 valence electrons. The van der Waals surface area contributed by atoms with Gasteiger partial charge in [-0.3, -0.25) is 4.79 Å². The summed E-state index contributed by atoms with van der Waals surface area (Å²) in [4.78, 5) is 23.0. The van der Waals surface area contributed by atoms with E-state index in [1.54, 1.807) is 7.11 Å². The molecule has 0 aliphatic rings. The van der Waals surface area contributed by atoms with E-state index in [2.05, 4.69) is 13.2 Å². The quantitative estimate of drug-likeness (QED) is 0.0869. The number of hydrogen-bond donors (Lipinski definition) is 0. The van der Waals surface area contributed by atoms with Crippen molar-refractivity contribution in [3.63, 3.8) is 0 Å². The normalized spacial score (nSPS) is 10.5. The second kappa shape index (κ2) is 20.3.